The first-order valence-corrected chi connectivity index (χ1v) is 5.10. The molecule has 0 aliphatic heterocycles. The third-order valence-electron chi connectivity index (χ3n) is 1.99. The quantitative estimate of drug-likeness (QED) is 0.881. The van der Waals surface area contributed by atoms with Gasteiger partial charge in [0.25, 0.3) is 0 Å². The van der Waals surface area contributed by atoms with Crippen molar-refractivity contribution in [2.45, 2.75) is 6.18 Å². The van der Waals surface area contributed by atoms with Crippen LogP contribution >= 0.6 is 15.9 Å². The van der Waals surface area contributed by atoms with Crippen molar-refractivity contribution in [2.24, 2.45) is 0 Å². The van der Waals surface area contributed by atoms with Gasteiger partial charge in [-0.05, 0) is 18.2 Å². The smallest absolute Gasteiger partial charge is 0.296 e. The van der Waals surface area contributed by atoms with Gasteiger partial charge < -0.3 is 0 Å². The zero-order chi connectivity index (χ0) is 12.6. The van der Waals surface area contributed by atoms with Gasteiger partial charge >= 0.3 is 11.9 Å². The molecule has 4 nitrogen and oxygen atoms in total. The average Bonchev–Trinajstić information content (AvgIpc) is 2.64. The molecule has 1 heterocycles. The molecule has 0 radical (unpaired) electrons. The lowest BCUT2D eigenvalue weighted by Gasteiger charge is -2.09. The molecule has 0 atom stereocenters. The van der Waals surface area contributed by atoms with Crippen molar-refractivity contribution < 1.29 is 17.7 Å². The van der Waals surface area contributed by atoms with Crippen molar-refractivity contribution in [3.8, 4) is 11.4 Å². The van der Waals surface area contributed by atoms with Crippen molar-refractivity contribution in [1.29, 1.82) is 0 Å². The second-order valence-electron chi connectivity index (χ2n) is 3.14. The van der Waals surface area contributed by atoms with Crippen LogP contribution in [0.4, 0.5) is 13.2 Å². The molecule has 2 rings (SSSR count). The highest BCUT2D eigenvalue weighted by Gasteiger charge is 2.33. The van der Waals surface area contributed by atoms with E-state index in [0.29, 0.717) is 0 Å². The zero-order valence-corrected chi connectivity index (χ0v) is 9.59. The van der Waals surface area contributed by atoms with Gasteiger partial charge in [0.05, 0.1) is 5.56 Å². The van der Waals surface area contributed by atoms with E-state index in [1.807, 2.05) is 0 Å². The summed E-state index contributed by atoms with van der Waals surface area (Å²) < 4.78 is 41.9. The number of benzene rings is 1. The molecule has 1 aromatic heterocycles. The van der Waals surface area contributed by atoms with Crippen LogP contribution < -0.4 is 5.76 Å². The molecule has 8 heteroatoms. The summed E-state index contributed by atoms with van der Waals surface area (Å²) in [6.45, 7) is 0. The minimum Gasteiger partial charge on any atom is -0.296 e. The summed E-state index contributed by atoms with van der Waals surface area (Å²) in [6, 6.07) is 3.48. The van der Waals surface area contributed by atoms with E-state index < -0.39 is 17.5 Å². The number of nitrogens with one attached hydrogen (secondary N) is 1. The number of alkyl halides is 3. The molecule has 2 aromatic rings. The Kier molecular flexibility index (Phi) is 2.82. The van der Waals surface area contributed by atoms with Crippen LogP contribution in [0, 0.1) is 0 Å². The first kappa shape index (κ1) is 11.9. The Morgan fingerprint density at radius 2 is 2.06 bits per heavy atom. The Balaban J connectivity index is 2.55. The number of hydrogen-bond donors (Lipinski definition) is 1. The summed E-state index contributed by atoms with van der Waals surface area (Å²) in [6.07, 6.45) is -4.49. The van der Waals surface area contributed by atoms with E-state index in [1.165, 1.54) is 12.1 Å². The molecule has 0 aliphatic rings. The summed E-state index contributed by atoms with van der Waals surface area (Å²) >= 11 is 2.81. The van der Waals surface area contributed by atoms with E-state index in [4.69, 9.17) is 0 Å². The number of rotatable bonds is 1. The van der Waals surface area contributed by atoms with Crippen LogP contribution in [0.2, 0.25) is 0 Å². The number of halogens is 4. The molecule has 90 valence electrons. The normalized spacial score (nSPS) is 11.8. The van der Waals surface area contributed by atoms with Crippen LogP contribution in [0.15, 0.2) is 32.0 Å². The number of aromatic amines is 1. The summed E-state index contributed by atoms with van der Waals surface area (Å²) in [5.74, 6) is -0.871. The van der Waals surface area contributed by atoms with Gasteiger partial charge in [-0.25, -0.2) is 4.79 Å². The highest BCUT2D eigenvalue weighted by molar-refractivity contribution is 9.10. The molecule has 17 heavy (non-hydrogen) atoms. The largest absolute Gasteiger partial charge is 0.439 e. The molecule has 0 saturated heterocycles. The maximum absolute atomic E-state index is 12.6. The number of aromatic nitrogens is 2. The molecule has 0 saturated carbocycles. The fraction of sp³-hybridized carbons (Fsp3) is 0.111. The standard InChI is InChI=1S/C9H4BrF3N2O2/c10-6-2-1-4(3-5(6)9(11,12)13)7-14-8(16)17-15-7/h1-3H,(H,14,15,16). The number of nitrogens with zero attached hydrogens (tertiary/aromatic N) is 1. The summed E-state index contributed by atoms with van der Waals surface area (Å²) in [5, 5.41) is 3.31. The van der Waals surface area contributed by atoms with E-state index in [-0.39, 0.29) is 15.9 Å². The Hall–Kier alpha value is -1.57. The number of hydrogen-bond acceptors (Lipinski definition) is 3. The highest BCUT2D eigenvalue weighted by atomic mass is 79.9. The summed E-state index contributed by atoms with van der Waals surface area (Å²) in [5.41, 5.74) is -0.731. The third-order valence-corrected chi connectivity index (χ3v) is 2.68. The molecule has 0 unspecified atom stereocenters. The molecular weight excluding hydrogens is 305 g/mol. The zero-order valence-electron chi connectivity index (χ0n) is 8.01. The van der Waals surface area contributed by atoms with Gasteiger partial charge in [0.15, 0.2) is 5.82 Å². The third kappa shape index (κ3) is 2.41. The molecule has 0 fully saturated rings. The lowest BCUT2D eigenvalue weighted by molar-refractivity contribution is -0.138. The Labute approximate surface area is 101 Å². The maximum Gasteiger partial charge on any atom is 0.439 e. The SMILES string of the molecule is O=c1[nH]c(-c2ccc(Br)c(C(F)(F)F)c2)no1. The minimum atomic E-state index is -4.49. The van der Waals surface area contributed by atoms with E-state index in [1.54, 1.807) is 0 Å². The van der Waals surface area contributed by atoms with Crippen molar-refractivity contribution in [2.75, 3.05) is 0 Å². The summed E-state index contributed by atoms with van der Waals surface area (Å²) in [7, 11) is 0. The predicted octanol–water partition coefficient (Wildman–Crippen LogP) is 2.81. The first-order chi connectivity index (χ1) is 7.88. The van der Waals surface area contributed by atoms with Gasteiger partial charge in [-0.15, -0.1) is 0 Å². The van der Waals surface area contributed by atoms with Crippen molar-refractivity contribution in [1.82, 2.24) is 10.1 Å². The Morgan fingerprint density at radius 1 is 1.35 bits per heavy atom. The van der Waals surface area contributed by atoms with Gasteiger partial charge in [-0.2, -0.15) is 13.2 Å². The minimum absolute atomic E-state index is 0.0481. The van der Waals surface area contributed by atoms with Crippen LogP contribution in [0.25, 0.3) is 11.4 Å². The van der Waals surface area contributed by atoms with Gasteiger partial charge in [0.2, 0.25) is 0 Å². The second kappa shape index (κ2) is 4.02. The molecule has 1 N–H and O–H groups in total. The summed E-state index contributed by atoms with van der Waals surface area (Å²) in [4.78, 5) is 12.9. The maximum atomic E-state index is 12.6. The van der Waals surface area contributed by atoms with E-state index in [9.17, 15) is 18.0 Å². The highest BCUT2D eigenvalue weighted by Crippen LogP contribution is 2.36. The fourth-order valence-electron chi connectivity index (χ4n) is 1.24. The lowest BCUT2D eigenvalue weighted by Crippen LogP contribution is -2.06. The average molecular weight is 309 g/mol. The van der Waals surface area contributed by atoms with Gasteiger partial charge in [-0.1, -0.05) is 21.1 Å². The lowest BCUT2D eigenvalue weighted by atomic mass is 10.1. The van der Waals surface area contributed by atoms with E-state index >= 15 is 0 Å². The van der Waals surface area contributed by atoms with Gasteiger partial charge in [0, 0.05) is 10.0 Å². The van der Waals surface area contributed by atoms with Gasteiger partial charge in [-0.3, -0.25) is 9.51 Å². The monoisotopic (exact) mass is 308 g/mol. The Morgan fingerprint density at radius 3 is 2.59 bits per heavy atom. The predicted molar refractivity (Wildman–Crippen MR) is 55.3 cm³/mol. The van der Waals surface area contributed by atoms with Crippen molar-refractivity contribution in [3.63, 3.8) is 0 Å². The molecule has 0 spiro atoms. The van der Waals surface area contributed by atoms with Crippen LogP contribution in [0.1, 0.15) is 5.56 Å². The van der Waals surface area contributed by atoms with Crippen LogP contribution in [0.5, 0.6) is 0 Å². The van der Waals surface area contributed by atoms with Gasteiger partial charge in [0.1, 0.15) is 0 Å². The topological polar surface area (TPSA) is 58.9 Å². The molecule has 0 bridgehead atoms. The Bertz CT molecular complexity index is 603. The van der Waals surface area contributed by atoms with Crippen LogP contribution in [0.3, 0.4) is 0 Å². The molecule has 1 aromatic carbocycles. The second-order valence-corrected chi connectivity index (χ2v) is 3.99. The number of H-pyrrole nitrogens is 1. The van der Waals surface area contributed by atoms with Crippen molar-refractivity contribution in [3.05, 3.63) is 38.8 Å². The van der Waals surface area contributed by atoms with E-state index in [2.05, 4.69) is 30.6 Å². The van der Waals surface area contributed by atoms with Crippen LogP contribution in [-0.2, 0) is 6.18 Å². The van der Waals surface area contributed by atoms with E-state index in [0.717, 1.165) is 6.07 Å². The van der Waals surface area contributed by atoms with Crippen molar-refractivity contribution >= 4 is 15.9 Å². The fourth-order valence-corrected chi connectivity index (χ4v) is 1.72. The molecule has 0 amide bonds. The molecule has 0 aliphatic carbocycles. The van der Waals surface area contributed by atoms with Crippen LogP contribution in [-0.4, -0.2) is 10.1 Å². The first-order valence-electron chi connectivity index (χ1n) is 4.31. The molecular formula is C9H4BrF3N2O2.